The summed E-state index contributed by atoms with van der Waals surface area (Å²) >= 11 is 0. The Bertz CT molecular complexity index is 1380. The summed E-state index contributed by atoms with van der Waals surface area (Å²) in [6.45, 7) is 0.377. The van der Waals surface area contributed by atoms with E-state index in [0.717, 1.165) is 17.5 Å². The number of methoxy groups -OCH3 is 1. The maximum atomic E-state index is 12.6. The molecule has 0 radical (unpaired) electrons. The van der Waals surface area contributed by atoms with Crippen LogP contribution in [0.15, 0.2) is 67.0 Å². The molecule has 1 aliphatic carbocycles. The van der Waals surface area contributed by atoms with E-state index in [4.69, 9.17) is 21.3 Å². The van der Waals surface area contributed by atoms with Crippen LogP contribution in [0.1, 0.15) is 28.4 Å². The summed E-state index contributed by atoms with van der Waals surface area (Å²) in [5, 5.41) is 8.49. The molecule has 5 rings (SSSR count). The van der Waals surface area contributed by atoms with Gasteiger partial charge in [0.15, 0.2) is 5.65 Å². The van der Waals surface area contributed by atoms with E-state index in [1.165, 1.54) is 6.33 Å². The van der Waals surface area contributed by atoms with Crippen LogP contribution in [0.4, 0.5) is 5.82 Å². The fourth-order valence-corrected chi connectivity index (χ4v) is 4.21. The van der Waals surface area contributed by atoms with E-state index in [2.05, 4.69) is 15.3 Å². The van der Waals surface area contributed by atoms with E-state index in [0.29, 0.717) is 40.4 Å². The van der Waals surface area contributed by atoms with Gasteiger partial charge in [0.2, 0.25) is 0 Å². The molecular weight excluding hydrogens is 430 g/mol. The monoisotopic (exact) mass is 455 g/mol. The maximum Gasteiger partial charge on any atom is 0.255 e. The SMILES string of the molecule is COc1ccccc1C(=O)NCc1ccc(-c2nn([C@H]3C=C[C@H](N)C3)c3ncnc(N)c23)cc1. The van der Waals surface area contributed by atoms with E-state index in [-0.39, 0.29) is 18.0 Å². The molecule has 9 nitrogen and oxygen atoms in total. The Kier molecular flexibility index (Phi) is 5.69. The van der Waals surface area contributed by atoms with Gasteiger partial charge in [0.05, 0.1) is 24.1 Å². The van der Waals surface area contributed by atoms with Crippen LogP contribution >= 0.6 is 0 Å². The Balaban J connectivity index is 1.39. The van der Waals surface area contributed by atoms with Gasteiger partial charge in [0, 0.05) is 18.2 Å². The quantitative estimate of drug-likeness (QED) is 0.381. The van der Waals surface area contributed by atoms with Gasteiger partial charge in [-0.2, -0.15) is 5.10 Å². The van der Waals surface area contributed by atoms with Crippen LogP contribution in [0.3, 0.4) is 0 Å². The fraction of sp³-hybridized carbons (Fsp3) is 0.200. The first-order valence-corrected chi connectivity index (χ1v) is 11.0. The number of rotatable bonds is 6. The average Bonchev–Trinajstić information content (AvgIpc) is 3.47. The van der Waals surface area contributed by atoms with E-state index in [1.807, 2.05) is 47.2 Å². The molecule has 34 heavy (non-hydrogen) atoms. The number of carbonyl (C=O) groups is 1. The minimum absolute atomic E-state index is 0.00256. The Hall–Kier alpha value is -4.24. The molecule has 0 fully saturated rings. The van der Waals surface area contributed by atoms with Gasteiger partial charge in [0.25, 0.3) is 5.91 Å². The van der Waals surface area contributed by atoms with E-state index < -0.39 is 0 Å². The molecule has 2 aromatic heterocycles. The molecule has 5 N–H and O–H groups in total. The minimum atomic E-state index is -0.195. The molecule has 2 heterocycles. The van der Waals surface area contributed by atoms with Gasteiger partial charge in [-0.15, -0.1) is 0 Å². The van der Waals surface area contributed by atoms with E-state index in [1.54, 1.807) is 25.3 Å². The highest BCUT2D eigenvalue weighted by Gasteiger charge is 2.24. The Morgan fingerprint density at radius 1 is 1.15 bits per heavy atom. The molecule has 9 heteroatoms. The van der Waals surface area contributed by atoms with Crippen molar-refractivity contribution in [3.05, 3.63) is 78.1 Å². The number of hydrogen-bond acceptors (Lipinski definition) is 7. The molecule has 0 saturated carbocycles. The van der Waals surface area contributed by atoms with E-state index in [9.17, 15) is 4.79 Å². The highest BCUT2D eigenvalue weighted by atomic mass is 16.5. The molecule has 0 bridgehead atoms. The molecule has 1 aliphatic rings. The van der Waals surface area contributed by atoms with Crippen LogP contribution in [0, 0.1) is 0 Å². The van der Waals surface area contributed by atoms with Gasteiger partial charge in [-0.05, 0) is 24.1 Å². The minimum Gasteiger partial charge on any atom is -0.496 e. The van der Waals surface area contributed by atoms with Crippen LogP contribution in [0.2, 0.25) is 0 Å². The summed E-state index contributed by atoms with van der Waals surface area (Å²) in [7, 11) is 1.55. The van der Waals surface area contributed by atoms with Crippen molar-refractivity contribution in [2.75, 3.05) is 12.8 Å². The number of nitrogen functional groups attached to an aromatic ring is 1. The summed E-state index contributed by atoms with van der Waals surface area (Å²) in [4.78, 5) is 21.2. The molecule has 0 spiro atoms. The number of anilines is 1. The van der Waals surface area contributed by atoms with Crippen molar-refractivity contribution in [3.63, 3.8) is 0 Å². The van der Waals surface area contributed by atoms with Crippen molar-refractivity contribution in [1.82, 2.24) is 25.1 Å². The third-order valence-electron chi connectivity index (χ3n) is 5.96. The lowest BCUT2D eigenvalue weighted by Crippen LogP contribution is -2.23. The number of nitrogens with one attached hydrogen (secondary N) is 1. The number of amides is 1. The van der Waals surface area contributed by atoms with Gasteiger partial charge in [-0.1, -0.05) is 48.6 Å². The second-order valence-electron chi connectivity index (χ2n) is 8.18. The first kappa shape index (κ1) is 21.6. The lowest BCUT2D eigenvalue weighted by molar-refractivity contribution is 0.0948. The van der Waals surface area contributed by atoms with Crippen molar-refractivity contribution in [2.45, 2.75) is 25.0 Å². The number of hydrogen-bond donors (Lipinski definition) is 3. The standard InChI is InChI=1S/C25H25N7O2/c1-34-20-5-3-2-4-19(20)25(33)28-13-15-6-8-16(9-7-15)22-21-23(27)29-14-30-24(21)32(31-22)18-11-10-17(26)12-18/h2-11,14,17-18H,12-13,26H2,1H3,(H,28,33)(H2,27,29,30)/t17-,18-/m0/s1. The lowest BCUT2D eigenvalue weighted by Gasteiger charge is -2.10. The number of nitrogens with zero attached hydrogens (tertiary/aromatic N) is 4. The molecule has 4 aromatic rings. The van der Waals surface area contributed by atoms with Crippen molar-refractivity contribution in [3.8, 4) is 17.0 Å². The molecule has 172 valence electrons. The predicted molar refractivity (Wildman–Crippen MR) is 130 cm³/mol. The molecule has 0 saturated heterocycles. The Morgan fingerprint density at radius 3 is 2.68 bits per heavy atom. The Labute approximate surface area is 196 Å². The van der Waals surface area contributed by atoms with Crippen molar-refractivity contribution in [1.29, 1.82) is 0 Å². The van der Waals surface area contributed by atoms with Crippen molar-refractivity contribution < 1.29 is 9.53 Å². The van der Waals surface area contributed by atoms with Crippen molar-refractivity contribution >= 4 is 22.8 Å². The number of benzene rings is 2. The van der Waals surface area contributed by atoms with Gasteiger partial charge in [-0.3, -0.25) is 4.79 Å². The van der Waals surface area contributed by atoms with Gasteiger partial charge in [0.1, 0.15) is 23.6 Å². The highest BCUT2D eigenvalue weighted by Crippen LogP contribution is 2.34. The Morgan fingerprint density at radius 2 is 1.94 bits per heavy atom. The molecule has 0 unspecified atom stereocenters. The summed E-state index contributed by atoms with van der Waals surface area (Å²) in [6.07, 6.45) is 6.24. The maximum absolute atomic E-state index is 12.6. The second-order valence-corrected chi connectivity index (χ2v) is 8.18. The van der Waals surface area contributed by atoms with Crippen LogP contribution in [0.5, 0.6) is 5.75 Å². The zero-order valence-corrected chi connectivity index (χ0v) is 18.7. The second kappa shape index (κ2) is 8.95. The van der Waals surface area contributed by atoms with Crippen LogP contribution < -0.4 is 21.5 Å². The number of para-hydroxylation sites is 1. The fourth-order valence-electron chi connectivity index (χ4n) is 4.21. The third kappa shape index (κ3) is 3.97. The summed E-state index contributed by atoms with van der Waals surface area (Å²) < 4.78 is 7.14. The summed E-state index contributed by atoms with van der Waals surface area (Å²) in [5.41, 5.74) is 16.0. The number of fused-ring (bicyclic) bond motifs is 1. The first-order chi connectivity index (χ1) is 16.5. The van der Waals surface area contributed by atoms with Gasteiger partial charge >= 0.3 is 0 Å². The van der Waals surface area contributed by atoms with Gasteiger partial charge in [-0.25, -0.2) is 14.6 Å². The van der Waals surface area contributed by atoms with Crippen LogP contribution in [-0.2, 0) is 6.54 Å². The zero-order valence-electron chi connectivity index (χ0n) is 18.7. The molecule has 0 aliphatic heterocycles. The van der Waals surface area contributed by atoms with Gasteiger partial charge < -0.3 is 21.5 Å². The smallest absolute Gasteiger partial charge is 0.255 e. The number of aromatic nitrogens is 4. The zero-order chi connectivity index (χ0) is 23.7. The summed E-state index contributed by atoms with van der Waals surface area (Å²) in [6, 6.07) is 15.0. The normalized spacial score (nSPS) is 17.2. The number of ether oxygens (including phenoxy) is 1. The number of allylic oxidation sites excluding steroid dienone is 1. The average molecular weight is 456 g/mol. The van der Waals surface area contributed by atoms with Crippen LogP contribution in [0.25, 0.3) is 22.3 Å². The topological polar surface area (TPSA) is 134 Å². The summed E-state index contributed by atoms with van der Waals surface area (Å²) in [5.74, 6) is 0.723. The van der Waals surface area contributed by atoms with Crippen LogP contribution in [-0.4, -0.2) is 38.8 Å². The molecular formula is C25H25N7O2. The predicted octanol–water partition coefficient (Wildman–Crippen LogP) is 2.84. The third-order valence-corrected chi connectivity index (χ3v) is 5.96. The molecule has 2 atom stereocenters. The van der Waals surface area contributed by atoms with Crippen molar-refractivity contribution in [2.24, 2.45) is 5.73 Å². The number of nitrogens with two attached hydrogens (primary N) is 2. The molecule has 2 aromatic carbocycles. The largest absolute Gasteiger partial charge is 0.496 e. The molecule has 1 amide bonds. The lowest BCUT2D eigenvalue weighted by atomic mass is 10.1. The number of carbonyl (C=O) groups excluding carboxylic acids is 1. The highest BCUT2D eigenvalue weighted by molar-refractivity contribution is 5.98. The first-order valence-electron chi connectivity index (χ1n) is 11.0. The van der Waals surface area contributed by atoms with E-state index >= 15 is 0 Å².